The quantitative estimate of drug-likeness (QED) is 0.206. The summed E-state index contributed by atoms with van der Waals surface area (Å²) >= 11 is 0. The van der Waals surface area contributed by atoms with E-state index in [9.17, 15) is 26.4 Å². The molecule has 0 aliphatic rings. The lowest BCUT2D eigenvalue weighted by molar-refractivity contribution is -0.125. The molecule has 0 aromatic rings. The van der Waals surface area contributed by atoms with Crippen LogP contribution < -0.4 is 10.6 Å². The molecule has 0 saturated heterocycles. The van der Waals surface area contributed by atoms with Gasteiger partial charge in [0.1, 0.15) is 13.2 Å². The molecular formula is C8H20N2O10S2. The molecule has 22 heavy (non-hydrogen) atoms. The van der Waals surface area contributed by atoms with Crippen molar-refractivity contribution in [1.29, 1.82) is 0 Å². The maximum Gasteiger partial charge on any atom is 0.261 e. The van der Waals surface area contributed by atoms with Crippen LogP contribution in [0.15, 0.2) is 0 Å². The van der Waals surface area contributed by atoms with Crippen molar-refractivity contribution in [3.8, 4) is 0 Å². The summed E-state index contributed by atoms with van der Waals surface area (Å²) in [6.07, 6.45) is 1.43. The second-order valence-electron chi connectivity index (χ2n) is 3.48. The minimum absolute atomic E-state index is 0.241. The number of carbonyl (C=O) groups is 2. The van der Waals surface area contributed by atoms with E-state index in [-0.39, 0.29) is 13.1 Å². The van der Waals surface area contributed by atoms with Gasteiger partial charge < -0.3 is 20.8 Å². The van der Waals surface area contributed by atoms with Crippen LogP contribution in [0.1, 0.15) is 0 Å². The minimum Gasteiger partial charge on any atom is -0.387 e. The summed E-state index contributed by atoms with van der Waals surface area (Å²) in [6.45, 7) is -0.641. The second-order valence-corrected chi connectivity index (χ2v) is 6.41. The Kier molecular flexibility index (Phi) is 15.5. The molecule has 0 unspecified atom stereocenters. The van der Waals surface area contributed by atoms with E-state index in [1.54, 1.807) is 0 Å². The molecule has 0 rings (SSSR count). The molecule has 0 spiro atoms. The van der Waals surface area contributed by atoms with Gasteiger partial charge in [0.05, 0.1) is 12.5 Å². The minimum atomic E-state index is -3.67. The van der Waals surface area contributed by atoms with Gasteiger partial charge in [-0.2, -0.15) is 16.8 Å². The third-order valence-electron chi connectivity index (χ3n) is 1.06. The van der Waals surface area contributed by atoms with Crippen LogP contribution in [0.4, 0.5) is 0 Å². The second kappa shape index (κ2) is 13.4. The predicted molar refractivity (Wildman–Crippen MR) is 75.1 cm³/mol. The Labute approximate surface area is 128 Å². The van der Waals surface area contributed by atoms with Crippen molar-refractivity contribution >= 4 is 32.1 Å². The zero-order valence-corrected chi connectivity index (χ0v) is 13.5. The summed E-state index contributed by atoms with van der Waals surface area (Å²) in [4.78, 5) is 20.8. The molecule has 0 heterocycles. The summed E-state index contributed by atoms with van der Waals surface area (Å²) in [6, 6.07) is 0. The maximum atomic E-state index is 10.4. The summed E-state index contributed by atoms with van der Waals surface area (Å²) in [5.74, 6) is -0.985. The lowest BCUT2D eigenvalue weighted by Crippen LogP contribution is -2.36. The molecule has 0 aromatic carbocycles. The zero-order valence-electron chi connectivity index (χ0n) is 11.9. The zero-order chi connectivity index (χ0) is 18.4. The molecule has 6 N–H and O–H groups in total. The van der Waals surface area contributed by atoms with Crippen LogP contribution in [0.3, 0.4) is 0 Å². The first-order valence-electron chi connectivity index (χ1n) is 5.30. The number of aliphatic hydroxyl groups is 2. The van der Waals surface area contributed by atoms with Crippen LogP contribution in [-0.4, -0.2) is 86.8 Å². The van der Waals surface area contributed by atoms with Crippen molar-refractivity contribution in [1.82, 2.24) is 10.6 Å². The smallest absolute Gasteiger partial charge is 0.261 e. The van der Waals surface area contributed by atoms with E-state index in [4.69, 9.17) is 19.3 Å². The van der Waals surface area contributed by atoms with Gasteiger partial charge in [-0.3, -0.25) is 18.7 Å². The first-order chi connectivity index (χ1) is 9.70. The average Bonchev–Trinajstić information content (AvgIpc) is 2.29. The van der Waals surface area contributed by atoms with Crippen molar-refractivity contribution < 1.29 is 45.7 Å². The Morgan fingerprint density at radius 2 is 0.955 bits per heavy atom. The van der Waals surface area contributed by atoms with E-state index < -0.39 is 45.3 Å². The molecule has 0 radical (unpaired) electrons. The molecule has 12 nitrogen and oxygen atoms in total. The summed E-state index contributed by atoms with van der Waals surface area (Å²) < 4.78 is 51.7. The highest BCUT2D eigenvalue weighted by atomic mass is 32.2. The number of hydrogen-bond acceptors (Lipinski definition) is 8. The Morgan fingerprint density at radius 1 is 0.773 bits per heavy atom. The Morgan fingerprint density at radius 3 is 1.09 bits per heavy atom. The molecule has 0 aliphatic heterocycles. The fourth-order valence-electron chi connectivity index (χ4n) is 0.516. The number of amides is 2. The highest BCUT2D eigenvalue weighted by Crippen LogP contribution is 1.64. The molecule has 14 heteroatoms. The fraction of sp³-hybridized carbons (Fsp3) is 0.750. The van der Waals surface area contributed by atoms with E-state index in [1.807, 2.05) is 0 Å². The molecular weight excluding hydrogens is 348 g/mol. The predicted octanol–water partition coefficient (Wildman–Crippen LogP) is -3.79. The molecule has 0 aliphatic carbocycles. The average molecular weight is 368 g/mol. The van der Waals surface area contributed by atoms with Gasteiger partial charge in [0.2, 0.25) is 11.8 Å². The van der Waals surface area contributed by atoms with Crippen LogP contribution in [0.5, 0.6) is 0 Å². The molecule has 0 aromatic heterocycles. The van der Waals surface area contributed by atoms with E-state index in [0.717, 1.165) is 0 Å². The molecule has 134 valence electrons. The first-order valence-corrected chi connectivity index (χ1v) is 9.00. The van der Waals surface area contributed by atoms with Crippen molar-refractivity contribution in [2.45, 2.75) is 0 Å². The normalized spacial score (nSPS) is 10.3. The van der Waals surface area contributed by atoms with Gasteiger partial charge in [-0.15, -0.1) is 0 Å². The third kappa shape index (κ3) is 62.3. The van der Waals surface area contributed by atoms with Gasteiger partial charge in [0.15, 0.2) is 0 Å². The van der Waals surface area contributed by atoms with Gasteiger partial charge in [0, 0.05) is 13.1 Å². The number of rotatable bonds is 5. The summed E-state index contributed by atoms with van der Waals surface area (Å²) in [7, 11) is -7.33. The fourth-order valence-corrected chi connectivity index (χ4v) is 0.516. The Bertz CT molecular complexity index is 449. The van der Waals surface area contributed by atoms with Crippen molar-refractivity contribution in [2.24, 2.45) is 0 Å². The highest BCUT2D eigenvalue weighted by Gasteiger charge is 1.98. The van der Waals surface area contributed by atoms with Gasteiger partial charge in [-0.1, -0.05) is 0 Å². The lowest BCUT2D eigenvalue weighted by atomic mass is 10.5. The number of nitrogens with one attached hydrogen (secondary N) is 2. The third-order valence-corrected chi connectivity index (χ3v) is 1.06. The molecule has 0 bridgehead atoms. The van der Waals surface area contributed by atoms with E-state index in [0.29, 0.717) is 12.5 Å². The van der Waals surface area contributed by atoms with Crippen LogP contribution in [0.2, 0.25) is 0 Å². The standard InChI is InChI=1S/C6H12N2O4.2CH4O3S/c9-3-5(11)7-1-2-8-6(12)4-10;2*1-5(2,3)4/h9-10H,1-4H2,(H,7,11)(H,8,12);2*1H3,(H,2,3,4). The monoisotopic (exact) mass is 368 g/mol. The summed E-state index contributed by atoms with van der Waals surface area (Å²) in [5.41, 5.74) is 0. The highest BCUT2D eigenvalue weighted by molar-refractivity contribution is 7.85. The Hall–Kier alpha value is -1.32. The van der Waals surface area contributed by atoms with E-state index >= 15 is 0 Å². The largest absolute Gasteiger partial charge is 0.387 e. The number of hydrogen-bond donors (Lipinski definition) is 6. The van der Waals surface area contributed by atoms with Crippen LogP contribution >= 0.6 is 0 Å². The molecule has 0 fully saturated rings. The molecule has 2 amide bonds. The van der Waals surface area contributed by atoms with Crippen molar-refractivity contribution in [3.05, 3.63) is 0 Å². The summed E-state index contributed by atoms with van der Waals surface area (Å²) in [5, 5.41) is 21.2. The van der Waals surface area contributed by atoms with Crippen LogP contribution in [-0.2, 0) is 29.8 Å². The van der Waals surface area contributed by atoms with Gasteiger partial charge in [-0.05, 0) is 0 Å². The van der Waals surface area contributed by atoms with Gasteiger partial charge in [0.25, 0.3) is 20.2 Å². The van der Waals surface area contributed by atoms with Crippen molar-refractivity contribution in [3.63, 3.8) is 0 Å². The van der Waals surface area contributed by atoms with Gasteiger partial charge >= 0.3 is 0 Å². The van der Waals surface area contributed by atoms with Crippen molar-refractivity contribution in [2.75, 3.05) is 38.8 Å². The van der Waals surface area contributed by atoms with Crippen LogP contribution in [0.25, 0.3) is 0 Å². The SMILES string of the molecule is CS(=O)(=O)O.CS(=O)(=O)O.O=C(CO)NCCNC(=O)CO. The lowest BCUT2D eigenvalue weighted by Gasteiger charge is -2.03. The van der Waals surface area contributed by atoms with E-state index in [1.165, 1.54) is 0 Å². The van der Waals surface area contributed by atoms with Crippen LogP contribution in [0, 0.1) is 0 Å². The molecule has 0 atom stereocenters. The number of aliphatic hydroxyl groups excluding tert-OH is 2. The molecule has 0 saturated carbocycles. The first kappa shape index (κ1) is 25.6. The topological polar surface area (TPSA) is 207 Å². The Balaban J connectivity index is -0.000000298. The van der Waals surface area contributed by atoms with E-state index in [2.05, 4.69) is 10.6 Å². The number of carbonyl (C=O) groups excluding carboxylic acids is 2. The van der Waals surface area contributed by atoms with Gasteiger partial charge in [-0.25, -0.2) is 0 Å². The maximum absolute atomic E-state index is 10.4.